The number of rotatable bonds is 0. The van der Waals surface area contributed by atoms with E-state index in [0.29, 0.717) is 19.0 Å². The van der Waals surface area contributed by atoms with Gasteiger partial charge in [-0.3, -0.25) is 0 Å². The Morgan fingerprint density at radius 2 is 2.20 bits per heavy atom. The summed E-state index contributed by atoms with van der Waals surface area (Å²) in [5.41, 5.74) is 0. The van der Waals surface area contributed by atoms with Crippen molar-refractivity contribution in [1.29, 1.82) is 0 Å². The number of likely N-dealkylation sites (N-methyl/N-ethyl adjacent to an activating group) is 1. The van der Waals surface area contributed by atoms with Gasteiger partial charge in [0.15, 0.2) is 0 Å². The molecular weight excluding hydrogens is 130 g/mol. The highest BCUT2D eigenvalue weighted by Gasteiger charge is 2.28. The molecule has 0 radical (unpaired) electrons. The molecule has 3 heteroatoms. The summed E-state index contributed by atoms with van der Waals surface area (Å²) in [4.78, 5) is 0. The minimum absolute atomic E-state index is 0.272. The Morgan fingerprint density at radius 1 is 1.60 bits per heavy atom. The van der Waals surface area contributed by atoms with Crippen molar-refractivity contribution in [3.63, 3.8) is 0 Å². The van der Waals surface area contributed by atoms with Crippen LogP contribution in [0.5, 0.6) is 0 Å². The van der Waals surface area contributed by atoms with E-state index in [-0.39, 0.29) is 4.65 Å². The molecule has 1 aliphatic rings. The van der Waals surface area contributed by atoms with E-state index in [1.165, 1.54) is 0 Å². The van der Waals surface area contributed by atoms with E-state index in [1.54, 1.807) is 7.05 Å². The standard InChI is InChI=1S/C7H15NO2/c1-6-3-4-8(2,10)5-7(6)9/h6-7,9H,3-5H2,1-2H3/t6-,7-,8?/m1/s1. The highest BCUT2D eigenvalue weighted by molar-refractivity contribution is 4.69. The third-order valence-corrected chi connectivity index (χ3v) is 2.29. The lowest BCUT2D eigenvalue weighted by atomic mass is 9.96. The Hall–Kier alpha value is -0.120. The van der Waals surface area contributed by atoms with E-state index in [2.05, 4.69) is 0 Å². The zero-order valence-electron chi connectivity index (χ0n) is 6.58. The summed E-state index contributed by atoms with van der Waals surface area (Å²) in [5, 5.41) is 20.6. The van der Waals surface area contributed by atoms with Gasteiger partial charge in [-0.05, 0) is 5.92 Å². The lowest BCUT2D eigenvalue weighted by molar-refractivity contribution is -0.870. The van der Waals surface area contributed by atoms with E-state index in [9.17, 15) is 10.3 Å². The molecule has 0 aliphatic carbocycles. The summed E-state index contributed by atoms with van der Waals surface area (Å²) >= 11 is 0. The average Bonchev–Trinajstić information content (AvgIpc) is 1.79. The number of nitrogens with zero attached hydrogens (tertiary/aromatic N) is 1. The average molecular weight is 145 g/mol. The number of aliphatic hydroxyl groups is 1. The van der Waals surface area contributed by atoms with Crippen molar-refractivity contribution in [3.8, 4) is 0 Å². The van der Waals surface area contributed by atoms with Crippen LogP contribution < -0.4 is 0 Å². The number of hydrogen-bond acceptors (Lipinski definition) is 2. The van der Waals surface area contributed by atoms with Gasteiger partial charge in [0.25, 0.3) is 0 Å². The second-order valence-corrected chi connectivity index (χ2v) is 3.54. The fraction of sp³-hybridized carbons (Fsp3) is 1.00. The van der Waals surface area contributed by atoms with Crippen LogP contribution >= 0.6 is 0 Å². The third-order valence-electron chi connectivity index (χ3n) is 2.29. The van der Waals surface area contributed by atoms with Crippen molar-refractivity contribution in [2.45, 2.75) is 19.4 Å². The largest absolute Gasteiger partial charge is 0.633 e. The molecule has 1 N–H and O–H groups in total. The molecule has 0 amide bonds. The number of aliphatic hydroxyl groups excluding tert-OH is 1. The van der Waals surface area contributed by atoms with E-state index in [0.717, 1.165) is 6.42 Å². The van der Waals surface area contributed by atoms with Crippen LogP contribution in [0.25, 0.3) is 0 Å². The van der Waals surface area contributed by atoms with Gasteiger partial charge in [-0.1, -0.05) is 6.92 Å². The van der Waals surface area contributed by atoms with Crippen LogP contribution in [-0.4, -0.2) is 36.0 Å². The molecule has 0 aromatic carbocycles. The SMILES string of the molecule is C[C@@H]1CC[N+](C)([O-])C[C@H]1O. The maximum Gasteiger partial charge on any atom is 0.106 e. The predicted octanol–water partition coefficient (Wildman–Crippen LogP) is 0.331. The molecule has 0 saturated carbocycles. The topological polar surface area (TPSA) is 43.3 Å². The molecule has 1 saturated heterocycles. The van der Waals surface area contributed by atoms with Crippen molar-refractivity contribution < 1.29 is 9.75 Å². The first-order valence-corrected chi connectivity index (χ1v) is 3.75. The molecule has 1 aliphatic heterocycles. The summed E-state index contributed by atoms with van der Waals surface area (Å²) in [5.74, 6) is 0.306. The first-order chi connectivity index (χ1) is 4.51. The first-order valence-electron chi connectivity index (χ1n) is 3.75. The van der Waals surface area contributed by atoms with Gasteiger partial charge in [-0.2, -0.15) is 0 Å². The van der Waals surface area contributed by atoms with Crippen molar-refractivity contribution >= 4 is 0 Å². The van der Waals surface area contributed by atoms with Crippen LogP contribution in [0.2, 0.25) is 0 Å². The molecule has 0 aromatic heterocycles. The van der Waals surface area contributed by atoms with Crippen molar-refractivity contribution in [1.82, 2.24) is 0 Å². The molecule has 0 spiro atoms. The fourth-order valence-electron chi connectivity index (χ4n) is 1.34. The lowest BCUT2D eigenvalue weighted by Gasteiger charge is -2.45. The van der Waals surface area contributed by atoms with Gasteiger partial charge >= 0.3 is 0 Å². The number of piperidine rings is 1. The van der Waals surface area contributed by atoms with E-state index < -0.39 is 6.10 Å². The molecule has 0 aromatic rings. The number of likely N-dealkylation sites (tertiary alicyclic amines) is 1. The summed E-state index contributed by atoms with van der Waals surface area (Å²) in [7, 11) is 1.62. The molecule has 60 valence electrons. The van der Waals surface area contributed by atoms with E-state index in [4.69, 9.17) is 0 Å². The van der Waals surface area contributed by atoms with Crippen molar-refractivity contribution in [2.24, 2.45) is 5.92 Å². The van der Waals surface area contributed by atoms with Crippen LogP contribution in [0.3, 0.4) is 0 Å². The zero-order valence-corrected chi connectivity index (χ0v) is 6.58. The van der Waals surface area contributed by atoms with Crippen LogP contribution in [0.1, 0.15) is 13.3 Å². The molecule has 1 heterocycles. The summed E-state index contributed by atoms with van der Waals surface area (Å²) in [6.07, 6.45) is 0.456. The van der Waals surface area contributed by atoms with E-state index >= 15 is 0 Å². The maximum atomic E-state index is 11.3. The first kappa shape index (κ1) is 7.98. The molecule has 1 fully saturated rings. The van der Waals surface area contributed by atoms with Crippen LogP contribution in [0.15, 0.2) is 0 Å². The lowest BCUT2D eigenvalue weighted by Crippen LogP contribution is -2.51. The van der Waals surface area contributed by atoms with E-state index in [1.807, 2.05) is 6.92 Å². The molecule has 1 unspecified atom stereocenters. The number of quaternary nitrogens is 1. The fourth-order valence-corrected chi connectivity index (χ4v) is 1.34. The van der Waals surface area contributed by atoms with Gasteiger partial charge in [0.05, 0.1) is 13.6 Å². The van der Waals surface area contributed by atoms with Gasteiger partial charge in [0.2, 0.25) is 0 Å². The van der Waals surface area contributed by atoms with Crippen LogP contribution in [0, 0.1) is 11.1 Å². The highest BCUT2D eigenvalue weighted by atomic mass is 16.5. The number of hydroxylamine groups is 3. The molecule has 3 atom stereocenters. The second-order valence-electron chi connectivity index (χ2n) is 3.54. The summed E-state index contributed by atoms with van der Waals surface area (Å²) < 4.78 is -0.272. The van der Waals surface area contributed by atoms with Gasteiger partial charge in [-0.25, -0.2) is 0 Å². The van der Waals surface area contributed by atoms with Gasteiger partial charge in [0.1, 0.15) is 12.6 Å². The minimum Gasteiger partial charge on any atom is -0.633 e. The summed E-state index contributed by atoms with van der Waals surface area (Å²) in [6.45, 7) is 3.00. The Balaban J connectivity index is 2.49. The van der Waals surface area contributed by atoms with Crippen molar-refractivity contribution in [3.05, 3.63) is 5.21 Å². The minimum atomic E-state index is -0.392. The quantitative estimate of drug-likeness (QED) is 0.394. The second kappa shape index (κ2) is 2.49. The Bertz CT molecular complexity index is 125. The monoisotopic (exact) mass is 145 g/mol. The van der Waals surface area contributed by atoms with Crippen LogP contribution in [0.4, 0.5) is 0 Å². The van der Waals surface area contributed by atoms with Crippen molar-refractivity contribution in [2.75, 3.05) is 20.1 Å². The Morgan fingerprint density at radius 3 is 2.60 bits per heavy atom. The maximum absolute atomic E-state index is 11.3. The molecular formula is C7H15NO2. The normalized spacial score (nSPS) is 49.2. The van der Waals surface area contributed by atoms with Gasteiger partial charge in [0, 0.05) is 6.42 Å². The molecule has 3 nitrogen and oxygen atoms in total. The third kappa shape index (κ3) is 1.68. The Labute approximate surface area is 61.4 Å². The van der Waals surface area contributed by atoms with Gasteiger partial charge in [-0.15, -0.1) is 0 Å². The number of hydrogen-bond donors (Lipinski definition) is 1. The van der Waals surface area contributed by atoms with Gasteiger partial charge < -0.3 is 15.0 Å². The molecule has 1 rings (SSSR count). The van der Waals surface area contributed by atoms with Crippen LogP contribution in [-0.2, 0) is 0 Å². The Kier molecular flexibility index (Phi) is 1.99. The zero-order chi connectivity index (χ0) is 7.78. The molecule has 10 heavy (non-hydrogen) atoms. The smallest absolute Gasteiger partial charge is 0.106 e. The summed E-state index contributed by atoms with van der Waals surface area (Å²) in [6, 6.07) is 0. The highest BCUT2D eigenvalue weighted by Crippen LogP contribution is 2.20. The molecule has 0 bridgehead atoms. The predicted molar refractivity (Wildman–Crippen MR) is 39.1 cm³/mol.